The van der Waals surface area contributed by atoms with Gasteiger partial charge in [0, 0.05) is 24.1 Å². The summed E-state index contributed by atoms with van der Waals surface area (Å²) in [5.41, 5.74) is 0.680. The summed E-state index contributed by atoms with van der Waals surface area (Å²) in [4.78, 5) is 24.8. The first-order chi connectivity index (χ1) is 11.6. The van der Waals surface area contributed by atoms with Gasteiger partial charge >= 0.3 is 0 Å². The van der Waals surface area contributed by atoms with Gasteiger partial charge < -0.3 is 10.6 Å². The zero-order valence-corrected chi connectivity index (χ0v) is 14.1. The lowest BCUT2D eigenvalue weighted by atomic mass is 9.49. The van der Waals surface area contributed by atoms with Crippen LogP contribution in [-0.4, -0.2) is 18.4 Å². The molecule has 4 nitrogen and oxygen atoms in total. The number of carbonyl (C=O) groups is 2. The summed E-state index contributed by atoms with van der Waals surface area (Å²) >= 11 is 0. The third-order valence-electron chi connectivity index (χ3n) is 6.22. The van der Waals surface area contributed by atoms with Gasteiger partial charge in [0.05, 0.1) is 0 Å². The van der Waals surface area contributed by atoms with Crippen molar-refractivity contribution >= 4 is 17.5 Å². The molecule has 5 rings (SSSR count). The van der Waals surface area contributed by atoms with Gasteiger partial charge in [0.15, 0.2) is 0 Å². The van der Waals surface area contributed by atoms with Crippen LogP contribution < -0.4 is 10.6 Å². The molecule has 0 radical (unpaired) electrons. The molecule has 0 unspecified atom stereocenters. The molecule has 128 valence electrons. The van der Waals surface area contributed by atoms with Crippen molar-refractivity contribution in [3.05, 3.63) is 30.3 Å². The molecule has 4 bridgehead atoms. The molecule has 4 heteroatoms. The average molecular weight is 326 g/mol. The molecule has 4 saturated carbocycles. The van der Waals surface area contributed by atoms with Crippen LogP contribution in [0.1, 0.15) is 44.9 Å². The number of carbonyl (C=O) groups excluding carboxylic acids is 2. The number of nitrogens with one attached hydrogen (secondary N) is 2. The van der Waals surface area contributed by atoms with Gasteiger partial charge in [0.25, 0.3) is 0 Å². The van der Waals surface area contributed by atoms with Crippen molar-refractivity contribution < 1.29 is 9.59 Å². The van der Waals surface area contributed by atoms with Gasteiger partial charge in [-0.3, -0.25) is 9.59 Å². The molecule has 0 aromatic heterocycles. The fraction of sp³-hybridized carbons (Fsp3) is 0.600. The van der Waals surface area contributed by atoms with Crippen LogP contribution in [0.2, 0.25) is 0 Å². The third kappa shape index (κ3) is 3.06. The Kier molecular flexibility index (Phi) is 4.07. The Labute approximate surface area is 143 Å². The van der Waals surface area contributed by atoms with Crippen LogP contribution in [0.25, 0.3) is 0 Å². The van der Waals surface area contributed by atoms with Crippen LogP contribution in [0.5, 0.6) is 0 Å². The van der Waals surface area contributed by atoms with Crippen molar-refractivity contribution in [2.24, 2.45) is 23.2 Å². The average Bonchev–Trinajstić information content (AvgIpc) is 2.54. The quantitative estimate of drug-likeness (QED) is 0.872. The molecule has 2 amide bonds. The van der Waals surface area contributed by atoms with Gasteiger partial charge in [0.2, 0.25) is 11.8 Å². The largest absolute Gasteiger partial charge is 0.355 e. The summed E-state index contributed by atoms with van der Waals surface area (Å²) in [6.45, 7) is 0.430. The summed E-state index contributed by atoms with van der Waals surface area (Å²) in [6.07, 6.45) is 7.56. The topological polar surface area (TPSA) is 58.2 Å². The zero-order chi connectivity index (χ0) is 16.6. The second-order valence-corrected chi connectivity index (χ2v) is 8.12. The number of benzene rings is 1. The van der Waals surface area contributed by atoms with Crippen LogP contribution in [0.15, 0.2) is 30.3 Å². The molecule has 4 aliphatic rings. The van der Waals surface area contributed by atoms with Crippen LogP contribution in [0.3, 0.4) is 0 Å². The summed E-state index contributed by atoms with van der Waals surface area (Å²) in [5, 5.41) is 5.92. The Morgan fingerprint density at radius 2 is 1.54 bits per heavy atom. The number of rotatable bonds is 5. The first-order valence-corrected chi connectivity index (χ1v) is 9.26. The molecule has 0 saturated heterocycles. The highest BCUT2D eigenvalue weighted by molar-refractivity contribution is 5.91. The van der Waals surface area contributed by atoms with Crippen LogP contribution >= 0.6 is 0 Å². The van der Waals surface area contributed by atoms with E-state index in [0.29, 0.717) is 13.0 Å². The van der Waals surface area contributed by atoms with E-state index in [1.165, 1.54) is 19.3 Å². The highest BCUT2D eigenvalue weighted by Crippen LogP contribution is 2.60. The first-order valence-electron chi connectivity index (χ1n) is 9.26. The van der Waals surface area contributed by atoms with Crippen molar-refractivity contribution in [3.8, 4) is 0 Å². The minimum absolute atomic E-state index is 0.0491. The molecular weight excluding hydrogens is 300 g/mol. The summed E-state index contributed by atoms with van der Waals surface area (Å²) in [7, 11) is 0. The monoisotopic (exact) mass is 326 g/mol. The molecular formula is C20H26N2O2. The van der Waals surface area contributed by atoms with E-state index in [-0.39, 0.29) is 17.2 Å². The maximum absolute atomic E-state index is 12.8. The Balaban J connectivity index is 1.27. The highest BCUT2D eigenvalue weighted by Gasteiger charge is 2.54. The summed E-state index contributed by atoms with van der Waals surface area (Å²) in [5.74, 6) is 2.45. The number of anilines is 1. The summed E-state index contributed by atoms with van der Waals surface area (Å²) in [6, 6.07) is 9.44. The molecule has 0 atom stereocenters. The van der Waals surface area contributed by atoms with Gasteiger partial charge in [-0.25, -0.2) is 0 Å². The number of amides is 2. The molecule has 4 fully saturated rings. The maximum Gasteiger partial charge on any atom is 0.226 e. The van der Waals surface area contributed by atoms with Crippen molar-refractivity contribution in [2.45, 2.75) is 44.9 Å². The van der Waals surface area contributed by atoms with Crippen LogP contribution in [0, 0.1) is 23.2 Å². The summed E-state index contributed by atoms with van der Waals surface area (Å²) < 4.78 is 0. The lowest BCUT2D eigenvalue weighted by Gasteiger charge is -2.55. The number of para-hydroxylation sites is 1. The van der Waals surface area contributed by atoms with E-state index >= 15 is 0 Å². The lowest BCUT2D eigenvalue weighted by molar-refractivity contribution is -0.146. The molecule has 0 heterocycles. The Morgan fingerprint density at radius 3 is 2.12 bits per heavy atom. The second kappa shape index (κ2) is 6.23. The lowest BCUT2D eigenvalue weighted by Crippen LogP contribution is -2.53. The van der Waals surface area contributed by atoms with Crippen molar-refractivity contribution in [1.82, 2.24) is 5.32 Å². The van der Waals surface area contributed by atoms with Gasteiger partial charge in [0.1, 0.15) is 0 Å². The van der Waals surface area contributed by atoms with Crippen molar-refractivity contribution in [2.75, 3.05) is 11.9 Å². The Morgan fingerprint density at radius 1 is 0.958 bits per heavy atom. The van der Waals surface area contributed by atoms with Gasteiger partial charge in [-0.15, -0.1) is 0 Å². The van der Waals surface area contributed by atoms with E-state index in [2.05, 4.69) is 10.6 Å². The number of hydrogen-bond donors (Lipinski definition) is 2. The highest BCUT2D eigenvalue weighted by atomic mass is 16.2. The standard InChI is InChI=1S/C20H26N2O2/c23-18(22-17-4-2-1-3-5-17)6-7-21-19(24)20-11-14-8-15(12-20)10-16(9-14)13-20/h1-5,14-16H,6-13H2,(H,21,24)(H,22,23). The third-order valence-corrected chi connectivity index (χ3v) is 6.22. The normalized spacial score (nSPS) is 33.2. The first kappa shape index (κ1) is 15.7. The van der Waals surface area contributed by atoms with Crippen LogP contribution in [-0.2, 0) is 9.59 Å². The van der Waals surface area contributed by atoms with E-state index in [4.69, 9.17) is 0 Å². The minimum atomic E-state index is -0.120. The zero-order valence-electron chi connectivity index (χ0n) is 14.1. The predicted octanol–water partition coefficient (Wildman–Crippen LogP) is 3.35. The number of hydrogen-bond acceptors (Lipinski definition) is 2. The van der Waals surface area contributed by atoms with E-state index in [1.807, 2.05) is 30.3 Å². The minimum Gasteiger partial charge on any atom is -0.355 e. The molecule has 1 aromatic rings. The van der Waals surface area contributed by atoms with Gasteiger partial charge in [-0.1, -0.05) is 18.2 Å². The molecule has 1 aromatic carbocycles. The molecule has 2 N–H and O–H groups in total. The fourth-order valence-corrected chi connectivity index (χ4v) is 5.61. The maximum atomic E-state index is 12.8. The Bertz CT molecular complexity index is 591. The smallest absolute Gasteiger partial charge is 0.226 e. The van der Waals surface area contributed by atoms with E-state index in [9.17, 15) is 9.59 Å². The van der Waals surface area contributed by atoms with Gasteiger partial charge in [-0.2, -0.15) is 0 Å². The molecule has 24 heavy (non-hydrogen) atoms. The van der Waals surface area contributed by atoms with Crippen LogP contribution in [0.4, 0.5) is 5.69 Å². The Hall–Kier alpha value is -1.84. The van der Waals surface area contributed by atoms with Gasteiger partial charge in [-0.05, 0) is 68.4 Å². The molecule has 0 aliphatic heterocycles. The SMILES string of the molecule is O=C(CCNC(=O)C12CC3CC(CC(C3)C1)C2)Nc1ccccc1. The fourth-order valence-electron chi connectivity index (χ4n) is 5.61. The van der Waals surface area contributed by atoms with Crippen molar-refractivity contribution in [3.63, 3.8) is 0 Å². The van der Waals surface area contributed by atoms with E-state index in [1.54, 1.807) is 0 Å². The van der Waals surface area contributed by atoms with E-state index in [0.717, 1.165) is 42.7 Å². The molecule has 0 spiro atoms. The molecule has 4 aliphatic carbocycles. The van der Waals surface area contributed by atoms with Crippen molar-refractivity contribution in [1.29, 1.82) is 0 Å². The predicted molar refractivity (Wildman–Crippen MR) is 93.3 cm³/mol. The van der Waals surface area contributed by atoms with E-state index < -0.39 is 0 Å². The second-order valence-electron chi connectivity index (χ2n) is 8.12.